The van der Waals surface area contributed by atoms with Gasteiger partial charge in [-0.05, 0) is 37.4 Å². The summed E-state index contributed by atoms with van der Waals surface area (Å²) in [6.07, 6.45) is 4.27. The highest BCUT2D eigenvalue weighted by Gasteiger charge is 2.31. The number of nitrogens with zero attached hydrogens (tertiary/aromatic N) is 2. The van der Waals surface area contributed by atoms with E-state index in [1.807, 2.05) is 12.1 Å². The third kappa shape index (κ3) is 4.08. The predicted molar refractivity (Wildman–Crippen MR) is 86.6 cm³/mol. The minimum Gasteiger partial charge on any atom is -0.467 e. The van der Waals surface area contributed by atoms with Crippen LogP contribution in [0.25, 0.3) is 0 Å². The largest absolute Gasteiger partial charge is 0.467 e. The molecule has 0 aliphatic heterocycles. The number of nitrogens with one attached hydrogen (secondary N) is 1. The van der Waals surface area contributed by atoms with Gasteiger partial charge < -0.3 is 14.6 Å². The number of aromatic nitrogens is 1. The van der Waals surface area contributed by atoms with Gasteiger partial charge in [-0.1, -0.05) is 13.8 Å². The summed E-state index contributed by atoms with van der Waals surface area (Å²) in [6.45, 7) is 7.15. The minimum absolute atomic E-state index is 0.637. The van der Waals surface area contributed by atoms with Crippen molar-refractivity contribution in [2.45, 2.75) is 45.8 Å². The van der Waals surface area contributed by atoms with E-state index >= 15 is 0 Å². The average molecular weight is 305 g/mol. The molecule has 0 atom stereocenters. The lowest BCUT2D eigenvalue weighted by Gasteiger charge is -2.19. The van der Waals surface area contributed by atoms with E-state index in [-0.39, 0.29) is 0 Å². The molecule has 0 bridgehead atoms. The van der Waals surface area contributed by atoms with Crippen molar-refractivity contribution in [1.82, 2.24) is 10.3 Å². The second kappa shape index (κ2) is 6.62. The molecule has 1 aliphatic rings. The van der Waals surface area contributed by atoms with Crippen molar-refractivity contribution in [3.05, 3.63) is 35.2 Å². The Bertz CT molecular complexity index is 546. The van der Waals surface area contributed by atoms with Crippen molar-refractivity contribution in [2.24, 2.45) is 5.92 Å². The topological polar surface area (TPSA) is 41.3 Å². The molecule has 0 amide bonds. The van der Waals surface area contributed by atoms with E-state index in [0.29, 0.717) is 12.0 Å². The Balaban J connectivity index is 1.62. The maximum absolute atomic E-state index is 5.48. The molecule has 0 saturated heterocycles. The van der Waals surface area contributed by atoms with Crippen LogP contribution in [-0.2, 0) is 13.1 Å². The monoisotopic (exact) mass is 305 g/mol. The van der Waals surface area contributed by atoms with Gasteiger partial charge in [-0.3, -0.25) is 0 Å². The molecule has 1 aliphatic carbocycles. The first-order valence-corrected chi connectivity index (χ1v) is 8.54. The van der Waals surface area contributed by atoms with E-state index in [4.69, 9.17) is 9.40 Å². The lowest BCUT2D eigenvalue weighted by atomic mass is 10.2. The van der Waals surface area contributed by atoms with Crippen LogP contribution < -0.4 is 10.2 Å². The lowest BCUT2D eigenvalue weighted by molar-refractivity contribution is 0.500. The fourth-order valence-corrected chi connectivity index (χ4v) is 3.20. The highest BCUT2D eigenvalue weighted by molar-refractivity contribution is 7.13. The standard InChI is InChI=1S/C16H23N3OS/c1-12(2)8-17-9-13-11-21-16(18-13)19(14-5-6-14)10-15-4-3-7-20-15/h3-4,7,11-12,14,17H,5-6,8-10H2,1-2H3. The van der Waals surface area contributed by atoms with E-state index in [2.05, 4.69) is 29.4 Å². The average Bonchev–Trinajstić information content (AvgIpc) is 2.97. The summed E-state index contributed by atoms with van der Waals surface area (Å²) in [5.41, 5.74) is 1.14. The van der Waals surface area contributed by atoms with Gasteiger partial charge in [0, 0.05) is 18.0 Å². The van der Waals surface area contributed by atoms with Crippen molar-refractivity contribution < 1.29 is 4.42 Å². The smallest absolute Gasteiger partial charge is 0.186 e. The molecule has 1 fully saturated rings. The summed E-state index contributed by atoms with van der Waals surface area (Å²) in [7, 11) is 0. The quantitative estimate of drug-likeness (QED) is 0.808. The predicted octanol–water partition coefficient (Wildman–Crippen LogP) is 3.65. The van der Waals surface area contributed by atoms with Gasteiger partial charge >= 0.3 is 0 Å². The van der Waals surface area contributed by atoms with Gasteiger partial charge in [0.2, 0.25) is 0 Å². The second-order valence-corrected chi connectivity index (χ2v) is 6.92. The molecule has 3 rings (SSSR count). The first kappa shape index (κ1) is 14.6. The maximum Gasteiger partial charge on any atom is 0.186 e. The number of anilines is 1. The summed E-state index contributed by atoms with van der Waals surface area (Å²) in [5, 5.41) is 6.74. The summed E-state index contributed by atoms with van der Waals surface area (Å²) in [6, 6.07) is 4.62. The molecule has 0 radical (unpaired) electrons. The van der Waals surface area contributed by atoms with Crippen LogP contribution in [0, 0.1) is 5.92 Å². The van der Waals surface area contributed by atoms with Crippen molar-refractivity contribution in [2.75, 3.05) is 11.4 Å². The molecular weight excluding hydrogens is 282 g/mol. The fourth-order valence-electron chi connectivity index (χ4n) is 2.31. The zero-order valence-electron chi connectivity index (χ0n) is 12.7. The Hall–Kier alpha value is -1.33. The Labute approximate surface area is 130 Å². The first-order valence-electron chi connectivity index (χ1n) is 7.66. The van der Waals surface area contributed by atoms with E-state index < -0.39 is 0 Å². The van der Waals surface area contributed by atoms with Crippen molar-refractivity contribution in [3.63, 3.8) is 0 Å². The van der Waals surface area contributed by atoms with Gasteiger partial charge in [-0.25, -0.2) is 4.98 Å². The minimum atomic E-state index is 0.637. The van der Waals surface area contributed by atoms with E-state index in [0.717, 1.165) is 36.2 Å². The van der Waals surface area contributed by atoms with E-state index in [9.17, 15) is 0 Å². The fraction of sp³-hybridized carbons (Fsp3) is 0.562. The van der Waals surface area contributed by atoms with Gasteiger partial charge in [0.05, 0.1) is 18.5 Å². The van der Waals surface area contributed by atoms with Crippen LogP contribution in [0.15, 0.2) is 28.2 Å². The van der Waals surface area contributed by atoms with Crippen LogP contribution in [0.2, 0.25) is 0 Å². The molecule has 0 aromatic carbocycles. The van der Waals surface area contributed by atoms with Crippen molar-refractivity contribution >= 4 is 16.5 Å². The second-order valence-electron chi connectivity index (χ2n) is 6.08. The SMILES string of the molecule is CC(C)CNCc1csc(N(Cc2ccco2)C2CC2)n1. The van der Waals surface area contributed by atoms with Crippen LogP contribution in [0.5, 0.6) is 0 Å². The Kier molecular flexibility index (Phi) is 4.60. The molecule has 0 unspecified atom stereocenters. The summed E-state index contributed by atoms with van der Waals surface area (Å²) >= 11 is 1.74. The highest BCUT2D eigenvalue weighted by atomic mass is 32.1. The molecule has 114 valence electrons. The molecule has 1 saturated carbocycles. The summed E-state index contributed by atoms with van der Waals surface area (Å²) in [5.74, 6) is 1.68. The molecule has 5 heteroatoms. The normalized spacial score (nSPS) is 14.8. The van der Waals surface area contributed by atoms with Gasteiger partial charge in [-0.15, -0.1) is 11.3 Å². The van der Waals surface area contributed by atoms with Crippen molar-refractivity contribution in [1.29, 1.82) is 0 Å². The van der Waals surface area contributed by atoms with E-state index in [1.165, 1.54) is 12.8 Å². The number of furan rings is 1. The van der Waals surface area contributed by atoms with Crippen molar-refractivity contribution in [3.8, 4) is 0 Å². The van der Waals surface area contributed by atoms with Gasteiger partial charge in [0.1, 0.15) is 5.76 Å². The zero-order valence-corrected chi connectivity index (χ0v) is 13.5. The molecule has 21 heavy (non-hydrogen) atoms. The van der Waals surface area contributed by atoms with Crippen LogP contribution in [-0.4, -0.2) is 17.6 Å². The highest BCUT2D eigenvalue weighted by Crippen LogP contribution is 2.34. The third-order valence-electron chi connectivity index (χ3n) is 3.54. The van der Waals surface area contributed by atoms with E-state index in [1.54, 1.807) is 17.6 Å². The Morgan fingerprint density at radius 2 is 2.33 bits per heavy atom. The van der Waals surface area contributed by atoms with Gasteiger partial charge in [0.25, 0.3) is 0 Å². The molecule has 4 nitrogen and oxygen atoms in total. The Morgan fingerprint density at radius 3 is 3.00 bits per heavy atom. The molecule has 2 heterocycles. The number of rotatable bonds is 8. The molecule has 2 aromatic heterocycles. The molecule has 1 N–H and O–H groups in total. The first-order chi connectivity index (χ1) is 10.2. The van der Waals surface area contributed by atoms with Gasteiger partial charge in [0.15, 0.2) is 5.13 Å². The van der Waals surface area contributed by atoms with Crippen LogP contribution in [0.4, 0.5) is 5.13 Å². The molecule has 0 spiro atoms. The summed E-state index contributed by atoms with van der Waals surface area (Å²) in [4.78, 5) is 7.17. The third-order valence-corrected chi connectivity index (χ3v) is 4.46. The molecular formula is C16H23N3OS. The number of hydrogen-bond donors (Lipinski definition) is 1. The Morgan fingerprint density at radius 1 is 1.48 bits per heavy atom. The zero-order chi connectivity index (χ0) is 14.7. The van der Waals surface area contributed by atoms with Crippen LogP contribution >= 0.6 is 11.3 Å². The number of thiazole rings is 1. The number of hydrogen-bond acceptors (Lipinski definition) is 5. The summed E-state index contributed by atoms with van der Waals surface area (Å²) < 4.78 is 5.48. The molecule has 2 aromatic rings. The maximum atomic E-state index is 5.48. The van der Waals surface area contributed by atoms with Gasteiger partial charge in [-0.2, -0.15) is 0 Å². The van der Waals surface area contributed by atoms with Crippen LogP contribution in [0.3, 0.4) is 0 Å². The lowest BCUT2D eigenvalue weighted by Crippen LogP contribution is -2.25. The van der Waals surface area contributed by atoms with Crippen LogP contribution in [0.1, 0.15) is 38.1 Å².